The van der Waals surface area contributed by atoms with Crippen molar-refractivity contribution >= 4 is 28.1 Å². The Hall–Kier alpha value is -3.18. The molecular weight excluding hydrogens is 422 g/mol. The molecule has 0 saturated carbocycles. The Bertz CT molecular complexity index is 1100. The lowest BCUT2D eigenvalue weighted by molar-refractivity contribution is 0.0991. The minimum Gasteiger partial charge on any atom is -0.488 e. The zero-order valence-electron chi connectivity index (χ0n) is 18.0. The molecule has 0 saturated heterocycles. The first kappa shape index (κ1) is 22.5. The van der Waals surface area contributed by atoms with Crippen LogP contribution in [0.25, 0.3) is 10.7 Å². The average Bonchev–Trinajstić information content (AvgIpc) is 3.35. The highest BCUT2D eigenvalue weighted by molar-refractivity contribution is 7.18. The van der Waals surface area contributed by atoms with E-state index in [1.54, 1.807) is 7.11 Å². The number of hydrogen-bond acceptors (Lipinski definition) is 9. The van der Waals surface area contributed by atoms with Gasteiger partial charge in [-0.2, -0.15) is 0 Å². The second-order valence-corrected chi connectivity index (χ2v) is 8.14. The molecule has 3 aromatic heterocycles. The third-order valence-corrected chi connectivity index (χ3v) is 5.50. The van der Waals surface area contributed by atoms with Crippen molar-refractivity contribution in [2.45, 2.75) is 19.9 Å². The third kappa shape index (κ3) is 5.12. The maximum Gasteiger partial charge on any atom is 0.381 e. The van der Waals surface area contributed by atoms with Gasteiger partial charge >= 0.3 is 5.63 Å². The van der Waals surface area contributed by atoms with Crippen molar-refractivity contribution in [1.82, 2.24) is 14.8 Å². The highest BCUT2D eigenvalue weighted by Crippen LogP contribution is 2.27. The smallest absolute Gasteiger partial charge is 0.381 e. The Labute approximate surface area is 183 Å². The number of nitrogens with one attached hydrogen (secondary N) is 2. The van der Waals surface area contributed by atoms with Crippen LogP contribution in [0, 0.1) is 5.92 Å². The molecule has 2 N–H and O–H groups in total. The number of nitrogens with zero attached hydrogens (tertiary/aromatic N) is 3. The number of carbonyl (C=O) groups excluding carboxylic acids is 1. The molecule has 0 aromatic carbocycles. The minimum absolute atomic E-state index is 0.0137. The highest BCUT2D eigenvalue weighted by Gasteiger charge is 2.22. The van der Waals surface area contributed by atoms with Crippen LogP contribution in [0.15, 0.2) is 33.6 Å². The summed E-state index contributed by atoms with van der Waals surface area (Å²) >= 11 is 1.21. The molecule has 3 heterocycles. The fourth-order valence-electron chi connectivity index (χ4n) is 2.89. The van der Waals surface area contributed by atoms with Gasteiger partial charge in [-0.1, -0.05) is 25.2 Å². The van der Waals surface area contributed by atoms with Gasteiger partial charge in [0.15, 0.2) is 10.8 Å². The van der Waals surface area contributed by atoms with Gasteiger partial charge in [-0.05, 0) is 18.1 Å². The van der Waals surface area contributed by atoms with Crippen LogP contribution in [0.2, 0.25) is 0 Å². The van der Waals surface area contributed by atoms with Gasteiger partial charge < -0.3 is 23.8 Å². The number of carbonyl (C=O) groups is 1. The van der Waals surface area contributed by atoms with E-state index in [-0.39, 0.29) is 28.6 Å². The molecule has 0 aliphatic rings. The van der Waals surface area contributed by atoms with Crippen molar-refractivity contribution in [3.8, 4) is 16.5 Å². The quantitative estimate of drug-likeness (QED) is 0.514. The van der Waals surface area contributed by atoms with E-state index >= 15 is 0 Å². The molecule has 0 radical (unpaired) electrons. The molecular formula is C20H25N5O5S. The van der Waals surface area contributed by atoms with Crippen molar-refractivity contribution in [3.05, 3.63) is 40.6 Å². The number of hydrogen-bond donors (Lipinski definition) is 2. The summed E-state index contributed by atoms with van der Waals surface area (Å²) in [4.78, 5) is 25.1. The second-order valence-electron chi connectivity index (χ2n) is 7.17. The molecule has 166 valence electrons. The van der Waals surface area contributed by atoms with Crippen LogP contribution >= 0.6 is 11.3 Å². The first-order chi connectivity index (χ1) is 14.8. The maximum absolute atomic E-state index is 12.7. The SMILES string of the molecule is COC[C@H](Nc1cc(C(=O)Nc2nnc(-c3cccn3C)s2)oc(=O)c1OC)C(C)C. The molecule has 10 nitrogen and oxygen atoms in total. The number of aromatic nitrogens is 3. The van der Waals surface area contributed by atoms with Gasteiger partial charge in [0.25, 0.3) is 5.91 Å². The topological polar surface area (TPSA) is 121 Å². The van der Waals surface area contributed by atoms with E-state index in [0.29, 0.717) is 17.3 Å². The Balaban J connectivity index is 1.84. The molecule has 1 atom stereocenters. The molecule has 0 bridgehead atoms. The van der Waals surface area contributed by atoms with Gasteiger partial charge in [-0.25, -0.2) is 4.79 Å². The monoisotopic (exact) mass is 447 g/mol. The van der Waals surface area contributed by atoms with E-state index in [0.717, 1.165) is 5.69 Å². The molecule has 31 heavy (non-hydrogen) atoms. The van der Waals surface area contributed by atoms with E-state index in [1.807, 2.05) is 43.8 Å². The van der Waals surface area contributed by atoms with Crippen LogP contribution in [0.1, 0.15) is 24.4 Å². The van der Waals surface area contributed by atoms with Gasteiger partial charge in [0.2, 0.25) is 10.9 Å². The number of ether oxygens (including phenoxy) is 2. The van der Waals surface area contributed by atoms with Crippen molar-refractivity contribution in [2.24, 2.45) is 13.0 Å². The standard InChI is InChI=1S/C20H25N5O5S/c1-11(2)13(10-28-4)21-12-9-15(30-19(27)16(12)29-5)17(26)22-20-24-23-18(31-20)14-7-6-8-25(14)3/h6-9,11,13,21H,10H2,1-5H3,(H,22,24,26)/t13-/m0/s1. The van der Waals surface area contributed by atoms with Crippen LogP contribution in [-0.4, -0.2) is 47.5 Å². The summed E-state index contributed by atoms with van der Waals surface area (Å²) in [5, 5.41) is 14.9. The zero-order chi connectivity index (χ0) is 22.5. The Morgan fingerprint density at radius 3 is 2.71 bits per heavy atom. The van der Waals surface area contributed by atoms with Crippen LogP contribution in [0.4, 0.5) is 10.8 Å². The molecule has 3 rings (SSSR count). The summed E-state index contributed by atoms with van der Waals surface area (Å²) in [5.41, 5.74) is 0.457. The number of amides is 1. The molecule has 1 amide bonds. The Kier molecular flexibility index (Phi) is 7.08. The summed E-state index contributed by atoms with van der Waals surface area (Å²) in [7, 11) is 4.85. The van der Waals surface area contributed by atoms with E-state index in [4.69, 9.17) is 13.9 Å². The van der Waals surface area contributed by atoms with E-state index in [2.05, 4.69) is 20.8 Å². The van der Waals surface area contributed by atoms with Gasteiger partial charge in [-0.3, -0.25) is 10.1 Å². The number of aryl methyl sites for hydroxylation is 1. The summed E-state index contributed by atoms with van der Waals surface area (Å²) in [6.07, 6.45) is 1.89. The number of methoxy groups -OCH3 is 2. The first-order valence-electron chi connectivity index (χ1n) is 9.58. The van der Waals surface area contributed by atoms with Crippen molar-refractivity contribution < 1.29 is 18.7 Å². The largest absolute Gasteiger partial charge is 0.488 e. The summed E-state index contributed by atoms with van der Waals surface area (Å²) in [5.74, 6) is -0.610. The fraction of sp³-hybridized carbons (Fsp3) is 0.400. The van der Waals surface area contributed by atoms with Gasteiger partial charge in [-0.15, -0.1) is 10.2 Å². The summed E-state index contributed by atoms with van der Waals surface area (Å²) < 4.78 is 17.5. The maximum atomic E-state index is 12.7. The van der Waals surface area contributed by atoms with Crippen LogP contribution in [-0.2, 0) is 11.8 Å². The lowest BCUT2D eigenvalue weighted by atomic mass is 10.0. The highest BCUT2D eigenvalue weighted by atomic mass is 32.1. The summed E-state index contributed by atoms with van der Waals surface area (Å²) in [6, 6.07) is 5.12. The van der Waals surface area contributed by atoms with Gasteiger partial charge in [0, 0.05) is 26.4 Å². The molecule has 0 aliphatic heterocycles. The van der Waals surface area contributed by atoms with Crippen molar-refractivity contribution in [1.29, 1.82) is 0 Å². The summed E-state index contributed by atoms with van der Waals surface area (Å²) in [6.45, 7) is 4.44. The van der Waals surface area contributed by atoms with Crippen LogP contribution in [0.5, 0.6) is 5.75 Å². The predicted molar refractivity (Wildman–Crippen MR) is 118 cm³/mol. The van der Waals surface area contributed by atoms with E-state index < -0.39 is 11.5 Å². The van der Waals surface area contributed by atoms with E-state index in [9.17, 15) is 9.59 Å². The minimum atomic E-state index is -0.765. The Morgan fingerprint density at radius 2 is 2.10 bits per heavy atom. The lowest BCUT2D eigenvalue weighted by Crippen LogP contribution is -2.31. The third-order valence-electron chi connectivity index (χ3n) is 4.64. The molecule has 0 aliphatic carbocycles. The van der Waals surface area contributed by atoms with Crippen LogP contribution < -0.4 is 21.0 Å². The Morgan fingerprint density at radius 1 is 1.32 bits per heavy atom. The number of anilines is 2. The second kappa shape index (κ2) is 9.75. The normalized spacial score (nSPS) is 12.1. The van der Waals surface area contributed by atoms with Crippen molar-refractivity contribution in [2.75, 3.05) is 31.5 Å². The lowest BCUT2D eigenvalue weighted by Gasteiger charge is -2.23. The molecule has 3 aromatic rings. The van der Waals surface area contributed by atoms with Crippen molar-refractivity contribution in [3.63, 3.8) is 0 Å². The fourth-order valence-corrected chi connectivity index (χ4v) is 3.70. The molecule has 0 unspecified atom stereocenters. The van der Waals surface area contributed by atoms with Gasteiger partial charge in [0.05, 0.1) is 31.1 Å². The van der Waals surface area contributed by atoms with Crippen LogP contribution in [0.3, 0.4) is 0 Å². The van der Waals surface area contributed by atoms with E-state index in [1.165, 1.54) is 24.5 Å². The predicted octanol–water partition coefficient (Wildman–Crippen LogP) is 2.84. The first-order valence-corrected chi connectivity index (χ1v) is 10.4. The van der Waals surface area contributed by atoms with Gasteiger partial charge in [0.1, 0.15) is 0 Å². The molecule has 0 spiro atoms. The zero-order valence-corrected chi connectivity index (χ0v) is 18.8. The average molecular weight is 448 g/mol. The molecule has 11 heteroatoms. The number of rotatable bonds is 9. The molecule has 0 fully saturated rings.